The van der Waals surface area contributed by atoms with Crippen LogP contribution in [0.5, 0.6) is 0 Å². The largest absolute Gasteiger partial charge is 0.356 e. The molecule has 3 N–H and O–H groups in total. The molecule has 1 atom stereocenters. The van der Waals surface area contributed by atoms with Gasteiger partial charge >= 0.3 is 0 Å². The maximum Gasteiger partial charge on any atom is 0.224 e. The number of hydrogen-bond acceptors (Lipinski definition) is 2. The third-order valence-electron chi connectivity index (χ3n) is 2.93. The van der Waals surface area contributed by atoms with Crippen LogP contribution in [-0.4, -0.2) is 19.0 Å². The molecular formula is C14H22N2O. The first-order valence-electron chi connectivity index (χ1n) is 6.29. The molecule has 1 rings (SSSR count). The molecule has 0 radical (unpaired) electrons. The predicted octanol–water partition coefficient (Wildman–Crippen LogP) is 1.72. The Kier molecular flexibility index (Phi) is 6.33. The Hall–Kier alpha value is -1.35. The lowest BCUT2D eigenvalue weighted by atomic mass is 10.1. The number of rotatable bonds is 7. The maximum absolute atomic E-state index is 11.6. The summed E-state index contributed by atoms with van der Waals surface area (Å²) >= 11 is 0. The number of carbonyl (C=O) groups is 1. The van der Waals surface area contributed by atoms with E-state index in [1.165, 1.54) is 5.56 Å². The molecule has 17 heavy (non-hydrogen) atoms. The third kappa shape index (κ3) is 5.00. The van der Waals surface area contributed by atoms with Crippen molar-refractivity contribution >= 4 is 5.91 Å². The second kappa shape index (κ2) is 7.85. The maximum atomic E-state index is 11.6. The number of benzene rings is 1. The lowest BCUT2D eigenvalue weighted by Crippen LogP contribution is -2.35. The Balaban J connectivity index is 2.18. The van der Waals surface area contributed by atoms with Gasteiger partial charge in [0.15, 0.2) is 0 Å². The van der Waals surface area contributed by atoms with Gasteiger partial charge in [0.1, 0.15) is 0 Å². The van der Waals surface area contributed by atoms with Crippen LogP contribution < -0.4 is 11.1 Å². The van der Waals surface area contributed by atoms with E-state index >= 15 is 0 Å². The topological polar surface area (TPSA) is 55.1 Å². The lowest BCUT2D eigenvalue weighted by molar-refractivity contribution is -0.124. The molecular weight excluding hydrogens is 212 g/mol. The number of nitrogens with two attached hydrogens (primary N) is 1. The summed E-state index contributed by atoms with van der Waals surface area (Å²) in [4.78, 5) is 11.6. The van der Waals surface area contributed by atoms with Crippen LogP contribution in [-0.2, 0) is 11.2 Å². The van der Waals surface area contributed by atoms with E-state index in [1.54, 1.807) is 0 Å². The lowest BCUT2D eigenvalue weighted by Gasteiger charge is -2.12. The molecule has 0 aromatic heterocycles. The highest BCUT2D eigenvalue weighted by Crippen LogP contribution is 2.02. The van der Waals surface area contributed by atoms with Crippen LogP contribution >= 0.6 is 0 Å². The summed E-state index contributed by atoms with van der Waals surface area (Å²) < 4.78 is 0. The first kappa shape index (κ1) is 13.7. The number of carbonyl (C=O) groups excluding carboxylic acids is 1. The molecule has 3 heteroatoms. The smallest absolute Gasteiger partial charge is 0.224 e. The summed E-state index contributed by atoms with van der Waals surface area (Å²) in [6.07, 6.45) is 2.78. The summed E-state index contributed by atoms with van der Waals surface area (Å²) in [5.74, 6) is 0.0507. The molecule has 1 amide bonds. The molecule has 0 bridgehead atoms. The minimum Gasteiger partial charge on any atom is -0.356 e. The summed E-state index contributed by atoms with van der Waals surface area (Å²) in [7, 11) is 0. The second-order valence-corrected chi connectivity index (χ2v) is 4.22. The molecule has 1 aromatic rings. The molecule has 0 heterocycles. The molecule has 0 saturated heterocycles. The number of amides is 1. The summed E-state index contributed by atoms with van der Waals surface area (Å²) in [6, 6.07) is 10.3. The zero-order chi connectivity index (χ0) is 12.5. The Morgan fingerprint density at radius 3 is 2.65 bits per heavy atom. The highest BCUT2D eigenvalue weighted by molar-refractivity contribution is 5.78. The van der Waals surface area contributed by atoms with Crippen LogP contribution in [0.15, 0.2) is 30.3 Å². The quantitative estimate of drug-likeness (QED) is 0.706. The van der Waals surface area contributed by atoms with Gasteiger partial charge in [0.25, 0.3) is 0 Å². The van der Waals surface area contributed by atoms with Crippen molar-refractivity contribution in [1.82, 2.24) is 5.32 Å². The molecule has 0 spiro atoms. The van der Waals surface area contributed by atoms with Gasteiger partial charge in [0.05, 0.1) is 0 Å². The minimum absolute atomic E-state index is 0.0354. The summed E-state index contributed by atoms with van der Waals surface area (Å²) in [6.45, 7) is 3.15. The van der Waals surface area contributed by atoms with E-state index in [0.29, 0.717) is 6.54 Å². The fourth-order valence-electron chi connectivity index (χ4n) is 1.75. The van der Waals surface area contributed by atoms with E-state index in [-0.39, 0.29) is 11.8 Å². The second-order valence-electron chi connectivity index (χ2n) is 4.22. The Morgan fingerprint density at radius 2 is 2.06 bits per heavy atom. The van der Waals surface area contributed by atoms with Gasteiger partial charge in [0.2, 0.25) is 5.91 Å². The normalized spacial score (nSPS) is 12.1. The number of hydrogen-bond donors (Lipinski definition) is 2. The molecule has 0 aliphatic carbocycles. The van der Waals surface area contributed by atoms with Crippen molar-refractivity contribution in [2.75, 3.05) is 13.1 Å². The van der Waals surface area contributed by atoms with Crippen molar-refractivity contribution in [1.29, 1.82) is 0 Å². The van der Waals surface area contributed by atoms with Gasteiger partial charge in [-0.2, -0.15) is 0 Å². The molecule has 0 aliphatic heterocycles. The monoisotopic (exact) mass is 234 g/mol. The van der Waals surface area contributed by atoms with Gasteiger partial charge in [-0.25, -0.2) is 0 Å². The fourth-order valence-corrected chi connectivity index (χ4v) is 1.75. The van der Waals surface area contributed by atoms with Crippen molar-refractivity contribution in [3.05, 3.63) is 35.9 Å². The van der Waals surface area contributed by atoms with Crippen molar-refractivity contribution in [3.8, 4) is 0 Å². The zero-order valence-electron chi connectivity index (χ0n) is 10.5. The van der Waals surface area contributed by atoms with Crippen LogP contribution in [0.3, 0.4) is 0 Å². The first-order chi connectivity index (χ1) is 8.27. The van der Waals surface area contributed by atoms with Crippen LogP contribution in [0.25, 0.3) is 0 Å². The van der Waals surface area contributed by atoms with E-state index < -0.39 is 0 Å². The van der Waals surface area contributed by atoms with Crippen LogP contribution in [0.4, 0.5) is 0 Å². The van der Waals surface area contributed by atoms with E-state index in [1.807, 2.05) is 25.1 Å². The van der Waals surface area contributed by atoms with Gasteiger partial charge in [0, 0.05) is 19.0 Å². The van der Waals surface area contributed by atoms with Crippen LogP contribution in [0.1, 0.15) is 25.3 Å². The molecule has 94 valence electrons. The Labute approximate surface area is 103 Å². The van der Waals surface area contributed by atoms with Crippen LogP contribution in [0, 0.1) is 5.92 Å². The van der Waals surface area contributed by atoms with Gasteiger partial charge in [-0.1, -0.05) is 37.3 Å². The molecule has 0 fully saturated rings. The molecule has 3 nitrogen and oxygen atoms in total. The zero-order valence-corrected chi connectivity index (χ0v) is 10.5. The Morgan fingerprint density at radius 1 is 1.35 bits per heavy atom. The first-order valence-corrected chi connectivity index (χ1v) is 6.29. The van der Waals surface area contributed by atoms with Crippen molar-refractivity contribution < 1.29 is 4.79 Å². The van der Waals surface area contributed by atoms with Gasteiger partial charge < -0.3 is 11.1 Å². The molecule has 1 unspecified atom stereocenters. The third-order valence-corrected chi connectivity index (χ3v) is 2.93. The minimum atomic E-state index is -0.0354. The molecule has 1 aromatic carbocycles. The fraction of sp³-hybridized carbons (Fsp3) is 0.500. The molecule has 0 saturated carbocycles. The molecule has 0 aliphatic rings. The van der Waals surface area contributed by atoms with Crippen molar-refractivity contribution in [3.63, 3.8) is 0 Å². The van der Waals surface area contributed by atoms with E-state index in [2.05, 4.69) is 17.4 Å². The van der Waals surface area contributed by atoms with E-state index in [4.69, 9.17) is 5.73 Å². The Bertz CT molecular complexity index is 320. The summed E-state index contributed by atoms with van der Waals surface area (Å²) in [5, 5.41) is 2.94. The number of nitrogens with one attached hydrogen (secondary N) is 1. The highest BCUT2D eigenvalue weighted by atomic mass is 16.1. The average molecular weight is 234 g/mol. The van der Waals surface area contributed by atoms with Crippen LogP contribution in [0.2, 0.25) is 0 Å². The van der Waals surface area contributed by atoms with Crippen molar-refractivity contribution in [2.45, 2.75) is 26.2 Å². The van der Waals surface area contributed by atoms with Gasteiger partial charge in [-0.15, -0.1) is 0 Å². The van der Waals surface area contributed by atoms with Crippen molar-refractivity contribution in [2.24, 2.45) is 11.7 Å². The summed E-state index contributed by atoms with van der Waals surface area (Å²) in [5.41, 5.74) is 6.83. The van der Waals surface area contributed by atoms with Gasteiger partial charge in [-0.3, -0.25) is 4.79 Å². The SMILES string of the molecule is CCC(CN)C(=O)NCCCc1ccccc1. The standard InChI is InChI=1S/C14H22N2O/c1-2-13(11-15)14(17)16-10-6-9-12-7-4-3-5-8-12/h3-5,7-8,13H,2,6,9-11,15H2,1H3,(H,16,17). The predicted molar refractivity (Wildman–Crippen MR) is 70.6 cm³/mol. The van der Waals surface area contributed by atoms with E-state index in [9.17, 15) is 4.79 Å². The highest BCUT2D eigenvalue weighted by Gasteiger charge is 2.12. The number of aryl methyl sites for hydroxylation is 1. The van der Waals surface area contributed by atoms with E-state index in [0.717, 1.165) is 25.8 Å². The van der Waals surface area contributed by atoms with Gasteiger partial charge in [-0.05, 0) is 24.8 Å². The average Bonchev–Trinajstić information content (AvgIpc) is 2.37.